The van der Waals surface area contributed by atoms with Crippen molar-refractivity contribution in [3.8, 4) is 5.75 Å². The number of aryl methyl sites for hydroxylation is 1. The molecule has 2 N–H and O–H groups in total. The summed E-state index contributed by atoms with van der Waals surface area (Å²) in [5.74, 6) is 0.952. The van der Waals surface area contributed by atoms with Gasteiger partial charge < -0.3 is 10.5 Å². The van der Waals surface area contributed by atoms with Gasteiger partial charge in [0.25, 0.3) is 0 Å². The van der Waals surface area contributed by atoms with Gasteiger partial charge in [0, 0.05) is 11.8 Å². The molecule has 3 rings (SSSR count). The van der Waals surface area contributed by atoms with E-state index in [-0.39, 0.29) is 6.04 Å². The molecule has 0 fully saturated rings. The van der Waals surface area contributed by atoms with Crippen LogP contribution in [0.1, 0.15) is 29.2 Å². The molecule has 0 amide bonds. The lowest BCUT2D eigenvalue weighted by molar-refractivity contribution is 0.284. The summed E-state index contributed by atoms with van der Waals surface area (Å²) in [4.78, 5) is 0. The van der Waals surface area contributed by atoms with E-state index in [0.29, 0.717) is 0 Å². The molecule has 0 aliphatic carbocycles. The predicted octanol–water partition coefficient (Wildman–Crippen LogP) is 1.85. The minimum absolute atomic E-state index is 0.214. The first-order valence-corrected chi connectivity index (χ1v) is 6.13. The van der Waals surface area contributed by atoms with Gasteiger partial charge in [-0.1, -0.05) is 18.2 Å². The zero-order valence-electron chi connectivity index (χ0n) is 10.0. The average Bonchev–Trinajstić information content (AvgIpc) is 2.47. The number of ether oxygens (including phenoxy) is 1. The van der Waals surface area contributed by atoms with Crippen molar-refractivity contribution in [2.75, 3.05) is 6.61 Å². The Morgan fingerprint density at radius 3 is 3.00 bits per heavy atom. The van der Waals surface area contributed by atoms with Gasteiger partial charge in [-0.05, 0) is 30.0 Å². The van der Waals surface area contributed by atoms with Crippen LogP contribution in [-0.2, 0) is 6.42 Å². The van der Waals surface area contributed by atoms with E-state index in [2.05, 4.69) is 16.3 Å². The molecule has 18 heavy (non-hydrogen) atoms. The third-order valence-corrected chi connectivity index (χ3v) is 3.27. The number of para-hydroxylation sites is 1. The van der Waals surface area contributed by atoms with E-state index >= 15 is 0 Å². The van der Waals surface area contributed by atoms with Gasteiger partial charge in [0.2, 0.25) is 0 Å². The van der Waals surface area contributed by atoms with E-state index in [9.17, 15) is 0 Å². The molecule has 0 radical (unpaired) electrons. The number of nitrogens with two attached hydrogens (primary N) is 1. The molecular formula is C14H15N3O. The molecule has 0 saturated carbocycles. The fourth-order valence-electron chi connectivity index (χ4n) is 2.32. The number of hydrogen-bond acceptors (Lipinski definition) is 4. The largest absolute Gasteiger partial charge is 0.493 e. The lowest BCUT2D eigenvalue weighted by Gasteiger charge is -2.23. The van der Waals surface area contributed by atoms with Crippen LogP contribution in [0.4, 0.5) is 0 Å². The lowest BCUT2D eigenvalue weighted by atomic mass is 9.95. The van der Waals surface area contributed by atoms with E-state index in [0.717, 1.165) is 36.3 Å². The second-order valence-corrected chi connectivity index (χ2v) is 4.44. The van der Waals surface area contributed by atoms with Gasteiger partial charge in [-0.15, -0.1) is 0 Å². The molecule has 2 aromatic rings. The topological polar surface area (TPSA) is 61.0 Å². The Labute approximate surface area is 106 Å². The summed E-state index contributed by atoms with van der Waals surface area (Å²) in [5.41, 5.74) is 9.52. The van der Waals surface area contributed by atoms with Crippen molar-refractivity contribution in [3.05, 3.63) is 53.3 Å². The maximum Gasteiger partial charge on any atom is 0.127 e. The third-order valence-electron chi connectivity index (χ3n) is 3.27. The molecule has 1 aromatic carbocycles. The van der Waals surface area contributed by atoms with E-state index in [1.165, 1.54) is 5.56 Å². The molecule has 2 heterocycles. The van der Waals surface area contributed by atoms with Crippen molar-refractivity contribution in [3.63, 3.8) is 0 Å². The van der Waals surface area contributed by atoms with Crippen LogP contribution in [0, 0.1) is 0 Å². The highest BCUT2D eigenvalue weighted by molar-refractivity contribution is 5.47. The van der Waals surface area contributed by atoms with Crippen molar-refractivity contribution < 1.29 is 4.74 Å². The Kier molecular flexibility index (Phi) is 2.94. The standard InChI is InChI=1S/C14H15N3O/c15-13(11-6-7-16-17-9-11)12-5-1-3-10-4-2-8-18-14(10)12/h1,3,5-7,9,13H,2,4,8,15H2. The first kappa shape index (κ1) is 11.2. The van der Waals surface area contributed by atoms with Gasteiger partial charge in [0.05, 0.1) is 18.8 Å². The highest BCUT2D eigenvalue weighted by atomic mass is 16.5. The highest BCUT2D eigenvalue weighted by Gasteiger charge is 2.19. The molecule has 0 saturated heterocycles. The second kappa shape index (κ2) is 4.74. The molecule has 0 bridgehead atoms. The maximum atomic E-state index is 6.29. The predicted molar refractivity (Wildman–Crippen MR) is 68.3 cm³/mol. The first-order chi connectivity index (χ1) is 8.86. The van der Waals surface area contributed by atoms with Gasteiger partial charge in [0.15, 0.2) is 0 Å². The first-order valence-electron chi connectivity index (χ1n) is 6.13. The van der Waals surface area contributed by atoms with Gasteiger partial charge in [-0.25, -0.2) is 0 Å². The highest BCUT2D eigenvalue weighted by Crippen LogP contribution is 2.34. The van der Waals surface area contributed by atoms with Crippen LogP contribution in [-0.4, -0.2) is 16.8 Å². The van der Waals surface area contributed by atoms with E-state index < -0.39 is 0 Å². The SMILES string of the molecule is NC(c1ccnnc1)c1cccc2c1OCCC2. The van der Waals surface area contributed by atoms with E-state index in [4.69, 9.17) is 10.5 Å². The maximum absolute atomic E-state index is 6.29. The minimum atomic E-state index is -0.214. The normalized spacial score (nSPS) is 15.6. The zero-order chi connectivity index (χ0) is 12.4. The summed E-state index contributed by atoms with van der Waals surface area (Å²) in [7, 11) is 0. The van der Waals surface area contributed by atoms with Crippen molar-refractivity contribution in [1.82, 2.24) is 10.2 Å². The third kappa shape index (κ3) is 1.95. The fourth-order valence-corrected chi connectivity index (χ4v) is 2.32. The summed E-state index contributed by atoms with van der Waals surface area (Å²) in [6, 6.07) is 7.84. The summed E-state index contributed by atoms with van der Waals surface area (Å²) in [6.07, 6.45) is 5.49. The molecule has 1 unspecified atom stereocenters. The van der Waals surface area contributed by atoms with Crippen molar-refractivity contribution in [1.29, 1.82) is 0 Å². The van der Waals surface area contributed by atoms with E-state index in [1.54, 1.807) is 12.4 Å². The fraction of sp³-hybridized carbons (Fsp3) is 0.286. The molecule has 4 heteroatoms. The molecule has 1 atom stereocenters. The summed E-state index contributed by atoms with van der Waals surface area (Å²) < 4.78 is 5.78. The van der Waals surface area contributed by atoms with Gasteiger partial charge >= 0.3 is 0 Å². The van der Waals surface area contributed by atoms with Crippen LogP contribution in [0.2, 0.25) is 0 Å². The number of rotatable bonds is 2. The average molecular weight is 241 g/mol. The van der Waals surface area contributed by atoms with Gasteiger partial charge in [-0.3, -0.25) is 0 Å². The Balaban J connectivity index is 2.02. The minimum Gasteiger partial charge on any atom is -0.493 e. The number of benzene rings is 1. The molecule has 92 valence electrons. The molecule has 1 aliphatic heterocycles. The second-order valence-electron chi connectivity index (χ2n) is 4.44. The van der Waals surface area contributed by atoms with Crippen molar-refractivity contribution in [2.24, 2.45) is 5.73 Å². The quantitative estimate of drug-likeness (QED) is 0.871. The summed E-state index contributed by atoms with van der Waals surface area (Å²) in [6.45, 7) is 0.769. The Morgan fingerprint density at radius 1 is 1.22 bits per heavy atom. The van der Waals surface area contributed by atoms with Gasteiger partial charge in [-0.2, -0.15) is 10.2 Å². The lowest BCUT2D eigenvalue weighted by Crippen LogP contribution is -2.17. The Morgan fingerprint density at radius 2 is 2.17 bits per heavy atom. The van der Waals surface area contributed by atoms with Crippen LogP contribution in [0.3, 0.4) is 0 Å². The smallest absolute Gasteiger partial charge is 0.127 e. The molecule has 1 aromatic heterocycles. The molecular weight excluding hydrogens is 226 g/mol. The number of nitrogens with zero attached hydrogens (tertiary/aromatic N) is 2. The number of fused-ring (bicyclic) bond motifs is 1. The Bertz CT molecular complexity index is 542. The van der Waals surface area contributed by atoms with Crippen LogP contribution in [0.25, 0.3) is 0 Å². The summed E-state index contributed by atoms with van der Waals surface area (Å²) in [5, 5.41) is 7.64. The van der Waals surface area contributed by atoms with Crippen molar-refractivity contribution >= 4 is 0 Å². The van der Waals surface area contributed by atoms with Crippen LogP contribution < -0.4 is 10.5 Å². The molecule has 1 aliphatic rings. The number of hydrogen-bond donors (Lipinski definition) is 1. The number of aromatic nitrogens is 2. The molecule has 0 spiro atoms. The van der Waals surface area contributed by atoms with Crippen LogP contribution in [0.5, 0.6) is 5.75 Å². The molecule has 4 nitrogen and oxygen atoms in total. The van der Waals surface area contributed by atoms with E-state index in [1.807, 2.05) is 18.2 Å². The monoisotopic (exact) mass is 241 g/mol. The zero-order valence-corrected chi connectivity index (χ0v) is 10.0. The van der Waals surface area contributed by atoms with Crippen molar-refractivity contribution in [2.45, 2.75) is 18.9 Å². The van der Waals surface area contributed by atoms with Crippen LogP contribution >= 0.6 is 0 Å². The van der Waals surface area contributed by atoms with Gasteiger partial charge in [0.1, 0.15) is 5.75 Å². The Hall–Kier alpha value is -1.94. The summed E-state index contributed by atoms with van der Waals surface area (Å²) >= 11 is 0. The van der Waals surface area contributed by atoms with Crippen LogP contribution in [0.15, 0.2) is 36.7 Å².